The Balaban J connectivity index is 2.15. The summed E-state index contributed by atoms with van der Waals surface area (Å²) >= 11 is 4.60. The highest BCUT2D eigenvalue weighted by Gasteiger charge is 2.02. The number of thiocarbonyl (C=S) groups is 1. The highest BCUT2D eigenvalue weighted by molar-refractivity contribution is 7.80. The van der Waals surface area contributed by atoms with Crippen LogP contribution in [0.15, 0.2) is 22.8 Å². The van der Waals surface area contributed by atoms with Crippen molar-refractivity contribution in [1.29, 1.82) is 0 Å². The molecule has 0 aliphatic carbocycles. The molecular weight excluding hydrogens is 200 g/mol. The van der Waals surface area contributed by atoms with Gasteiger partial charge in [-0.25, -0.2) is 0 Å². The molecule has 0 aliphatic heterocycles. The van der Waals surface area contributed by atoms with Crippen LogP contribution in [-0.4, -0.2) is 17.4 Å². The van der Waals surface area contributed by atoms with Crippen molar-refractivity contribution in [3.05, 3.63) is 24.2 Å². The van der Waals surface area contributed by atoms with Gasteiger partial charge in [0.15, 0.2) is 0 Å². The highest BCUT2D eigenvalue weighted by atomic mass is 32.1. The number of nitrogens with one attached hydrogen (secondary N) is 1. The summed E-state index contributed by atoms with van der Waals surface area (Å²) in [7, 11) is 0. The fourth-order valence-corrected chi connectivity index (χ4v) is 1.13. The largest absolute Gasteiger partial charge is 0.469 e. The van der Waals surface area contributed by atoms with E-state index in [1.807, 2.05) is 12.1 Å². The molecule has 1 rings (SSSR count). The predicted molar refractivity (Wildman–Crippen MR) is 56.8 cm³/mol. The smallest absolute Gasteiger partial charge is 0.226 e. The average Bonchev–Trinajstić information content (AvgIpc) is 2.55. The van der Waals surface area contributed by atoms with Crippen LogP contribution in [0, 0.1) is 0 Å². The first-order valence-corrected chi connectivity index (χ1v) is 4.66. The lowest BCUT2D eigenvalue weighted by atomic mass is 10.3. The van der Waals surface area contributed by atoms with Crippen LogP contribution < -0.4 is 11.1 Å². The molecule has 5 heteroatoms. The number of hydrogen-bond donors (Lipinski definition) is 2. The van der Waals surface area contributed by atoms with Crippen molar-refractivity contribution in [2.75, 3.05) is 6.54 Å². The van der Waals surface area contributed by atoms with E-state index in [4.69, 9.17) is 10.2 Å². The first-order chi connectivity index (χ1) is 6.68. The number of hydrogen-bond acceptors (Lipinski definition) is 3. The zero-order valence-corrected chi connectivity index (χ0v) is 8.47. The minimum atomic E-state index is -0.149. The predicted octanol–water partition coefficient (Wildman–Crippen LogP) is 0.614. The molecule has 0 fully saturated rings. The monoisotopic (exact) mass is 212 g/mol. The first-order valence-electron chi connectivity index (χ1n) is 4.26. The quantitative estimate of drug-likeness (QED) is 0.702. The van der Waals surface area contributed by atoms with Gasteiger partial charge >= 0.3 is 0 Å². The lowest BCUT2D eigenvalue weighted by molar-refractivity contribution is -0.119. The van der Waals surface area contributed by atoms with Crippen molar-refractivity contribution in [3.63, 3.8) is 0 Å². The van der Waals surface area contributed by atoms with Crippen molar-refractivity contribution in [2.24, 2.45) is 5.73 Å². The second-order valence-corrected chi connectivity index (χ2v) is 3.35. The van der Waals surface area contributed by atoms with Crippen LogP contribution in [0.3, 0.4) is 0 Å². The molecule has 0 saturated heterocycles. The molecule has 0 saturated carbocycles. The van der Waals surface area contributed by atoms with Crippen LogP contribution in [-0.2, 0) is 11.2 Å². The van der Waals surface area contributed by atoms with E-state index in [0.717, 1.165) is 5.76 Å². The zero-order valence-electron chi connectivity index (χ0n) is 7.66. The van der Waals surface area contributed by atoms with Gasteiger partial charge in [-0.15, -0.1) is 0 Å². The molecule has 0 spiro atoms. The van der Waals surface area contributed by atoms with Gasteiger partial charge in [-0.3, -0.25) is 4.79 Å². The van der Waals surface area contributed by atoms with E-state index >= 15 is 0 Å². The van der Waals surface area contributed by atoms with Gasteiger partial charge in [0.25, 0.3) is 0 Å². The van der Waals surface area contributed by atoms with Gasteiger partial charge < -0.3 is 15.5 Å². The second kappa shape index (κ2) is 5.39. The molecule has 1 aromatic heterocycles. The van der Waals surface area contributed by atoms with Crippen LogP contribution in [0.1, 0.15) is 12.2 Å². The van der Waals surface area contributed by atoms with Gasteiger partial charge in [0.2, 0.25) is 5.91 Å². The Morgan fingerprint density at radius 3 is 3.00 bits per heavy atom. The molecule has 0 unspecified atom stereocenters. The minimum Gasteiger partial charge on any atom is -0.469 e. The summed E-state index contributed by atoms with van der Waals surface area (Å²) in [6.45, 7) is 0.537. The Kier molecular flexibility index (Phi) is 4.12. The SMILES string of the molecule is NC(=S)CC(=O)NCCc1ccco1. The van der Waals surface area contributed by atoms with Crippen molar-refractivity contribution in [3.8, 4) is 0 Å². The zero-order chi connectivity index (χ0) is 10.4. The third-order valence-electron chi connectivity index (χ3n) is 1.61. The van der Waals surface area contributed by atoms with Gasteiger partial charge in [0.1, 0.15) is 5.76 Å². The Hall–Kier alpha value is -1.36. The van der Waals surface area contributed by atoms with Crippen LogP contribution in [0.4, 0.5) is 0 Å². The molecule has 0 aromatic carbocycles. The summed E-state index contributed by atoms with van der Waals surface area (Å²) in [5, 5.41) is 2.69. The summed E-state index contributed by atoms with van der Waals surface area (Å²) in [5.74, 6) is 0.699. The first kappa shape index (κ1) is 10.7. The number of furan rings is 1. The van der Waals surface area contributed by atoms with Crippen LogP contribution in [0.2, 0.25) is 0 Å². The number of rotatable bonds is 5. The molecule has 1 heterocycles. The molecule has 14 heavy (non-hydrogen) atoms. The van der Waals surface area contributed by atoms with E-state index in [1.165, 1.54) is 0 Å². The molecule has 1 amide bonds. The maximum atomic E-state index is 11.1. The number of carbonyl (C=O) groups excluding carboxylic acids is 1. The maximum Gasteiger partial charge on any atom is 0.226 e. The number of nitrogens with two attached hydrogens (primary N) is 1. The molecule has 0 radical (unpaired) electrons. The topological polar surface area (TPSA) is 68.3 Å². The summed E-state index contributed by atoms with van der Waals surface area (Å²) in [4.78, 5) is 11.3. The third kappa shape index (κ3) is 4.04. The van der Waals surface area contributed by atoms with E-state index in [1.54, 1.807) is 6.26 Å². The molecule has 0 atom stereocenters. The van der Waals surface area contributed by atoms with E-state index in [0.29, 0.717) is 13.0 Å². The minimum absolute atomic E-state index is 0.105. The average molecular weight is 212 g/mol. The van der Waals surface area contributed by atoms with Gasteiger partial charge in [-0.1, -0.05) is 12.2 Å². The Morgan fingerprint density at radius 2 is 2.43 bits per heavy atom. The van der Waals surface area contributed by atoms with Crippen molar-refractivity contribution < 1.29 is 9.21 Å². The highest BCUT2D eigenvalue weighted by Crippen LogP contribution is 1.99. The fourth-order valence-electron chi connectivity index (χ4n) is 1.00. The molecule has 0 bridgehead atoms. The van der Waals surface area contributed by atoms with Crippen LogP contribution in [0.5, 0.6) is 0 Å². The lowest BCUT2D eigenvalue weighted by Crippen LogP contribution is -2.29. The lowest BCUT2D eigenvalue weighted by Gasteiger charge is -2.02. The standard InChI is InChI=1S/C9H12N2O2S/c10-8(14)6-9(12)11-4-3-7-2-1-5-13-7/h1-2,5H,3-4,6H2,(H2,10,14)(H,11,12). The van der Waals surface area contributed by atoms with E-state index in [-0.39, 0.29) is 17.3 Å². The number of carbonyl (C=O) groups is 1. The third-order valence-corrected chi connectivity index (χ3v) is 1.75. The van der Waals surface area contributed by atoms with Gasteiger partial charge in [0, 0.05) is 13.0 Å². The number of amides is 1. The van der Waals surface area contributed by atoms with Gasteiger partial charge in [-0.2, -0.15) is 0 Å². The van der Waals surface area contributed by atoms with Crippen molar-refractivity contribution in [2.45, 2.75) is 12.8 Å². The fraction of sp³-hybridized carbons (Fsp3) is 0.333. The molecule has 76 valence electrons. The normalized spacial score (nSPS) is 9.71. The summed E-state index contributed by atoms with van der Waals surface area (Å²) in [6, 6.07) is 3.67. The van der Waals surface area contributed by atoms with Gasteiger partial charge in [0.05, 0.1) is 17.7 Å². The Labute approximate surface area is 87.5 Å². The molecule has 0 aliphatic rings. The van der Waals surface area contributed by atoms with Crippen molar-refractivity contribution >= 4 is 23.1 Å². The van der Waals surface area contributed by atoms with Crippen LogP contribution >= 0.6 is 12.2 Å². The molecule has 1 aromatic rings. The molecule has 4 nitrogen and oxygen atoms in total. The molecular formula is C9H12N2O2S. The van der Waals surface area contributed by atoms with E-state index in [9.17, 15) is 4.79 Å². The summed E-state index contributed by atoms with van der Waals surface area (Å²) < 4.78 is 5.09. The van der Waals surface area contributed by atoms with E-state index in [2.05, 4.69) is 17.5 Å². The van der Waals surface area contributed by atoms with Crippen LogP contribution in [0.25, 0.3) is 0 Å². The second-order valence-electron chi connectivity index (χ2n) is 2.82. The Morgan fingerprint density at radius 1 is 1.64 bits per heavy atom. The summed E-state index contributed by atoms with van der Waals surface area (Å²) in [6.07, 6.45) is 2.38. The Bertz CT molecular complexity index is 309. The van der Waals surface area contributed by atoms with E-state index < -0.39 is 0 Å². The molecule has 3 N–H and O–H groups in total. The maximum absolute atomic E-state index is 11.1. The summed E-state index contributed by atoms with van der Waals surface area (Å²) in [5.41, 5.74) is 5.21. The van der Waals surface area contributed by atoms with Gasteiger partial charge in [-0.05, 0) is 12.1 Å². The van der Waals surface area contributed by atoms with Crippen molar-refractivity contribution in [1.82, 2.24) is 5.32 Å².